The maximum Gasteiger partial charge on any atom is 0.419 e. The first kappa shape index (κ1) is 11.6. The number of carbonyl (C=O) groups excluding carboxylic acids is 1. The zero-order valence-electron chi connectivity index (χ0n) is 10.0. The smallest absolute Gasteiger partial charge is 0.408 e. The van der Waals surface area contributed by atoms with Gasteiger partial charge in [0.1, 0.15) is 5.78 Å². The van der Waals surface area contributed by atoms with E-state index in [0.29, 0.717) is 12.0 Å². The van der Waals surface area contributed by atoms with Crippen LogP contribution in [-0.4, -0.2) is 10.4 Å². The van der Waals surface area contributed by atoms with E-state index in [9.17, 15) is 9.59 Å². The summed E-state index contributed by atoms with van der Waals surface area (Å²) in [5, 5.41) is 0. The molecule has 0 atom stereocenters. The minimum absolute atomic E-state index is 0.206. The molecule has 2 rings (SSSR count). The summed E-state index contributed by atoms with van der Waals surface area (Å²) in [5.41, 5.74) is 2.50. The Bertz CT molecular complexity index is 607. The third-order valence-electron chi connectivity index (χ3n) is 2.85. The molecule has 0 spiro atoms. The highest BCUT2D eigenvalue weighted by Gasteiger charge is 2.06. The van der Waals surface area contributed by atoms with Gasteiger partial charge in [-0.1, -0.05) is 6.07 Å². The summed E-state index contributed by atoms with van der Waals surface area (Å²) < 4.78 is 6.59. The van der Waals surface area contributed by atoms with Crippen LogP contribution in [0.2, 0.25) is 0 Å². The molecule has 0 saturated carbocycles. The van der Waals surface area contributed by atoms with E-state index >= 15 is 0 Å². The van der Waals surface area contributed by atoms with Crippen molar-refractivity contribution in [3.8, 4) is 0 Å². The number of carbonyl (C=O) groups is 1. The van der Waals surface area contributed by atoms with Crippen LogP contribution in [0.3, 0.4) is 0 Å². The second-order valence-electron chi connectivity index (χ2n) is 4.28. The fourth-order valence-electron chi connectivity index (χ4n) is 1.88. The number of hydrogen-bond donors (Lipinski definition) is 0. The van der Waals surface area contributed by atoms with Gasteiger partial charge in [0.15, 0.2) is 5.58 Å². The number of fused-ring (bicyclic) bond motifs is 1. The van der Waals surface area contributed by atoms with Gasteiger partial charge in [0.2, 0.25) is 0 Å². The summed E-state index contributed by atoms with van der Waals surface area (Å²) in [4.78, 5) is 22.1. The normalized spacial score (nSPS) is 10.9. The number of hydrogen-bond acceptors (Lipinski definition) is 3. The SMILES string of the molecule is CC(=O)CCCc1ccc2c(c1)oc(=O)n2C. The molecular weight excluding hydrogens is 218 g/mol. The summed E-state index contributed by atoms with van der Waals surface area (Å²) in [5.74, 6) is -0.141. The summed E-state index contributed by atoms with van der Waals surface area (Å²) in [7, 11) is 1.68. The molecule has 0 aliphatic heterocycles. The van der Waals surface area contributed by atoms with Gasteiger partial charge in [-0.3, -0.25) is 4.57 Å². The Labute approximate surface area is 98.8 Å². The monoisotopic (exact) mass is 233 g/mol. The Hall–Kier alpha value is -1.84. The van der Waals surface area contributed by atoms with E-state index in [4.69, 9.17) is 4.42 Å². The number of Topliss-reactive ketones (excluding diaryl/α,β-unsaturated/α-hetero) is 1. The third kappa shape index (κ3) is 2.46. The Morgan fingerprint density at radius 3 is 2.88 bits per heavy atom. The molecule has 1 aromatic heterocycles. The topological polar surface area (TPSA) is 52.2 Å². The Morgan fingerprint density at radius 1 is 1.41 bits per heavy atom. The van der Waals surface area contributed by atoms with Gasteiger partial charge < -0.3 is 9.21 Å². The minimum Gasteiger partial charge on any atom is -0.408 e. The molecule has 0 radical (unpaired) electrons. The van der Waals surface area contributed by atoms with Crippen LogP contribution < -0.4 is 5.76 Å². The molecule has 1 heterocycles. The average molecular weight is 233 g/mol. The molecule has 0 fully saturated rings. The van der Waals surface area contributed by atoms with Crippen molar-refractivity contribution in [2.24, 2.45) is 7.05 Å². The van der Waals surface area contributed by atoms with Crippen LogP contribution in [0.25, 0.3) is 11.1 Å². The molecule has 0 unspecified atom stereocenters. The van der Waals surface area contributed by atoms with Gasteiger partial charge >= 0.3 is 5.76 Å². The highest BCUT2D eigenvalue weighted by atomic mass is 16.4. The lowest BCUT2D eigenvalue weighted by atomic mass is 10.1. The molecule has 1 aromatic carbocycles. The van der Waals surface area contributed by atoms with Crippen LogP contribution >= 0.6 is 0 Å². The van der Waals surface area contributed by atoms with Crippen LogP contribution in [0.1, 0.15) is 25.3 Å². The van der Waals surface area contributed by atoms with Crippen LogP contribution in [0.4, 0.5) is 0 Å². The fraction of sp³-hybridized carbons (Fsp3) is 0.385. The second kappa shape index (κ2) is 4.57. The quantitative estimate of drug-likeness (QED) is 0.812. The summed E-state index contributed by atoms with van der Waals surface area (Å²) in [6.45, 7) is 1.60. The van der Waals surface area contributed by atoms with Gasteiger partial charge in [0.05, 0.1) is 5.52 Å². The number of benzene rings is 1. The Morgan fingerprint density at radius 2 is 2.18 bits per heavy atom. The molecule has 4 heteroatoms. The van der Waals surface area contributed by atoms with Crippen molar-refractivity contribution in [1.82, 2.24) is 4.57 Å². The summed E-state index contributed by atoms with van der Waals surface area (Å²) >= 11 is 0. The van der Waals surface area contributed by atoms with E-state index in [0.717, 1.165) is 23.9 Å². The van der Waals surface area contributed by atoms with Crippen LogP contribution in [0.5, 0.6) is 0 Å². The zero-order valence-corrected chi connectivity index (χ0v) is 10.0. The lowest BCUT2D eigenvalue weighted by molar-refractivity contribution is -0.117. The largest absolute Gasteiger partial charge is 0.419 e. The average Bonchev–Trinajstić information content (AvgIpc) is 2.54. The van der Waals surface area contributed by atoms with Crippen LogP contribution in [-0.2, 0) is 18.3 Å². The zero-order chi connectivity index (χ0) is 12.4. The molecule has 17 heavy (non-hydrogen) atoms. The van der Waals surface area contributed by atoms with Crippen molar-refractivity contribution in [1.29, 1.82) is 0 Å². The van der Waals surface area contributed by atoms with Gasteiger partial charge in [0.25, 0.3) is 0 Å². The van der Waals surface area contributed by atoms with Crippen LogP contribution in [0.15, 0.2) is 27.4 Å². The van der Waals surface area contributed by atoms with Gasteiger partial charge in [-0.15, -0.1) is 0 Å². The number of rotatable bonds is 4. The van der Waals surface area contributed by atoms with E-state index in [1.807, 2.05) is 18.2 Å². The van der Waals surface area contributed by atoms with Gasteiger partial charge in [-0.25, -0.2) is 4.79 Å². The van der Waals surface area contributed by atoms with Crippen molar-refractivity contribution in [3.63, 3.8) is 0 Å². The molecule has 0 N–H and O–H groups in total. The highest BCUT2D eigenvalue weighted by Crippen LogP contribution is 2.15. The lowest BCUT2D eigenvalue weighted by Crippen LogP contribution is -2.08. The summed E-state index contributed by atoms with van der Waals surface area (Å²) in [6.07, 6.45) is 2.25. The second-order valence-corrected chi connectivity index (χ2v) is 4.28. The minimum atomic E-state index is -0.346. The number of aryl methyl sites for hydroxylation is 2. The molecule has 90 valence electrons. The van der Waals surface area contributed by atoms with E-state index < -0.39 is 0 Å². The fourth-order valence-corrected chi connectivity index (χ4v) is 1.88. The first-order valence-corrected chi connectivity index (χ1v) is 5.66. The first-order valence-electron chi connectivity index (χ1n) is 5.66. The van der Waals surface area contributed by atoms with Crippen LogP contribution in [0, 0.1) is 0 Å². The van der Waals surface area contributed by atoms with Gasteiger partial charge in [0, 0.05) is 13.5 Å². The maximum atomic E-state index is 11.3. The van der Waals surface area contributed by atoms with Crippen molar-refractivity contribution in [2.45, 2.75) is 26.2 Å². The number of oxazole rings is 1. The van der Waals surface area contributed by atoms with Crippen molar-refractivity contribution < 1.29 is 9.21 Å². The molecule has 0 bridgehead atoms. The van der Waals surface area contributed by atoms with Crippen molar-refractivity contribution in [3.05, 3.63) is 34.3 Å². The number of aromatic nitrogens is 1. The molecule has 0 aliphatic carbocycles. The molecule has 0 saturated heterocycles. The Balaban J connectivity index is 2.20. The molecule has 4 nitrogen and oxygen atoms in total. The lowest BCUT2D eigenvalue weighted by Gasteiger charge is -2.00. The van der Waals surface area contributed by atoms with E-state index in [1.165, 1.54) is 4.57 Å². The van der Waals surface area contributed by atoms with E-state index in [1.54, 1.807) is 14.0 Å². The van der Waals surface area contributed by atoms with E-state index in [-0.39, 0.29) is 11.5 Å². The maximum absolute atomic E-state index is 11.3. The van der Waals surface area contributed by atoms with E-state index in [2.05, 4.69) is 0 Å². The number of ketones is 1. The predicted octanol–water partition coefficient (Wildman–Crippen LogP) is 2.04. The first-order chi connectivity index (χ1) is 8.08. The summed E-state index contributed by atoms with van der Waals surface area (Å²) in [6, 6.07) is 5.72. The third-order valence-corrected chi connectivity index (χ3v) is 2.85. The molecule has 0 amide bonds. The molecule has 0 aliphatic rings. The highest BCUT2D eigenvalue weighted by molar-refractivity contribution is 5.75. The van der Waals surface area contributed by atoms with Gasteiger partial charge in [-0.2, -0.15) is 0 Å². The van der Waals surface area contributed by atoms with Gasteiger partial charge in [-0.05, 0) is 37.5 Å². The standard InChI is InChI=1S/C13H15NO3/c1-9(15)4-3-5-10-6-7-11-12(8-10)17-13(16)14(11)2/h6-8H,3-5H2,1-2H3. The molecule has 2 aromatic rings. The van der Waals surface area contributed by atoms with Crippen molar-refractivity contribution >= 4 is 16.9 Å². The number of nitrogens with zero attached hydrogens (tertiary/aromatic N) is 1. The molecular formula is C13H15NO3. The Kier molecular flexibility index (Phi) is 3.13. The predicted molar refractivity (Wildman–Crippen MR) is 65.1 cm³/mol. The van der Waals surface area contributed by atoms with Crippen molar-refractivity contribution in [2.75, 3.05) is 0 Å².